The van der Waals surface area contributed by atoms with Crippen molar-refractivity contribution in [3.05, 3.63) is 36.8 Å². The minimum Gasteiger partial charge on any atom is -0.360 e. The Morgan fingerprint density at radius 2 is 2.15 bits per heavy atom. The molecule has 0 spiro atoms. The summed E-state index contributed by atoms with van der Waals surface area (Å²) in [7, 11) is 2.00. The number of nitrogens with one attached hydrogen (secondary N) is 2. The third kappa shape index (κ3) is 2.40. The molecule has 2 N–H and O–H groups in total. The van der Waals surface area contributed by atoms with Gasteiger partial charge >= 0.3 is 0 Å². The minimum atomic E-state index is 0.776. The SMILES string of the molecule is CCN(C)c1cc(Nc2ccc3[nH]ncc3c2)ncn1. The molecule has 1 aromatic carbocycles. The normalized spacial score (nSPS) is 10.7. The molecule has 0 radical (unpaired) electrons. The van der Waals surface area contributed by atoms with Crippen LogP contribution < -0.4 is 10.2 Å². The number of H-pyrrole nitrogens is 1. The number of hydrogen-bond donors (Lipinski definition) is 2. The number of anilines is 3. The lowest BCUT2D eigenvalue weighted by Crippen LogP contribution is -2.17. The van der Waals surface area contributed by atoms with E-state index in [-0.39, 0.29) is 0 Å². The summed E-state index contributed by atoms with van der Waals surface area (Å²) in [5.74, 6) is 1.67. The summed E-state index contributed by atoms with van der Waals surface area (Å²) in [6.07, 6.45) is 3.37. The van der Waals surface area contributed by atoms with Crippen LogP contribution >= 0.6 is 0 Å². The highest BCUT2D eigenvalue weighted by Gasteiger charge is 2.04. The van der Waals surface area contributed by atoms with E-state index in [1.807, 2.05) is 31.3 Å². The first-order valence-electron chi connectivity index (χ1n) is 6.49. The zero-order chi connectivity index (χ0) is 13.9. The Balaban J connectivity index is 1.86. The van der Waals surface area contributed by atoms with Gasteiger partial charge in [-0.25, -0.2) is 9.97 Å². The van der Waals surface area contributed by atoms with Gasteiger partial charge in [0.25, 0.3) is 0 Å². The van der Waals surface area contributed by atoms with Gasteiger partial charge in [-0.15, -0.1) is 0 Å². The van der Waals surface area contributed by atoms with E-state index in [1.54, 1.807) is 12.5 Å². The van der Waals surface area contributed by atoms with E-state index in [2.05, 4.69) is 37.3 Å². The van der Waals surface area contributed by atoms with Crippen LogP contribution in [0.5, 0.6) is 0 Å². The van der Waals surface area contributed by atoms with E-state index in [0.717, 1.165) is 34.8 Å². The van der Waals surface area contributed by atoms with Gasteiger partial charge in [-0.1, -0.05) is 0 Å². The fraction of sp³-hybridized carbons (Fsp3) is 0.214. The molecular weight excluding hydrogens is 252 g/mol. The first-order valence-corrected chi connectivity index (χ1v) is 6.49. The molecule has 20 heavy (non-hydrogen) atoms. The standard InChI is InChI=1S/C14H16N6/c1-3-20(2)14-7-13(15-9-16-14)18-11-4-5-12-10(6-11)8-17-19-12/h4-9H,3H2,1-2H3,(H,17,19)(H,15,16,18). The molecule has 3 aromatic rings. The van der Waals surface area contributed by atoms with Gasteiger partial charge in [-0.3, -0.25) is 5.10 Å². The van der Waals surface area contributed by atoms with Crippen molar-refractivity contribution < 1.29 is 0 Å². The third-order valence-electron chi connectivity index (χ3n) is 3.23. The largest absolute Gasteiger partial charge is 0.360 e. The van der Waals surface area contributed by atoms with Crippen LogP contribution in [-0.2, 0) is 0 Å². The molecule has 0 saturated heterocycles. The summed E-state index contributed by atoms with van der Waals surface area (Å²) in [5.41, 5.74) is 1.99. The maximum absolute atomic E-state index is 4.25. The van der Waals surface area contributed by atoms with Crippen molar-refractivity contribution in [3.63, 3.8) is 0 Å². The molecular formula is C14H16N6. The van der Waals surface area contributed by atoms with Gasteiger partial charge in [0.1, 0.15) is 18.0 Å². The maximum Gasteiger partial charge on any atom is 0.135 e. The van der Waals surface area contributed by atoms with Crippen LogP contribution in [0.25, 0.3) is 10.9 Å². The van der Waals surface area contributed by atoms with E-state index in [9.17, 15) is 0 Å². The second-order valence-electron chi connectivity index (χ2n) is 4.57. The minimum absolute atomic E-state index is 0.776. The van der Waals surface area contributed by atoms with Crippen LogP contribution in [0.15, 0.2) is 36.8 Å². The number of rotatable bonds is 4. The van der Waals surface area contributed by atoms with Gasteiger partial charge in [0.05, 0.1) is 11.7 Å². The second-order valence-corrected chi connectivity index (χ2v) is 4.57. The summed E-state index contributed by atoms with van der Waals surface area (Å²) < 4.78 is 0. The molecule has 0 unspecified atom stereocenters. The van der Waals surface area contributed by atoms with E-state index < -0.39 is 0 Å². The number of aromatic amines is 1. The summed E-state index contributed by atoms with van der Waals surface area (Å²) >= 11 is 0. The predicted molar refractivity (Wildman–Crippen MR) is 80.4 cm³/mol. The molecule has 0 atom stereocenters. The van der Waals surface area contributed by atoms with Crippen LogP contribution in [-0.4, -0.2) is 33.8 Å². The molecule has 102 valence electrons. The van der Waals surface area contributed by atoms with Crippen molar-refractivity contribution in [2.24, 2.45) is 0 Å². The Bertz CT molecular complexity index is 720. The molecule has 0 fully saturated rings. The molecule has 2 aromatic heterocycles. The first-order chi connectivity index (χ1) is 9.76. The Kier molecular flexibility index (Phi) is 3.20. The van der Waals surface area contributed by atoms with Crippen LogP contribution in [0, 0.1) is 0 Å². The van der Waals surface area contributed by atoms with Crippen molar-refractivity contribution in [2.75, 3.05) is 23.8 Å². The highest BCUT2D eigenvalue weighted by atomic mass is 15.2. The summed E-state index contributed by atoms with van der Waals surface area (Å²) in [5, 5.41) is 11.3. The zero-order valence-electron chi connectivity index (χ0n) is 11.5. The molecule has 0 aliphatic carbocycles. The highest BCUT2D eigenvalue weighted by Crippen LogP contribution is 2.21. The Morgan fingerprint density at radius 3 is 3.00 bits per heavy atom. The van der Waals surface area contributed by atoms with Gasteiger partial charge in [0.15, 0.2) is 0 Å². The van der Waals surface area contributed by atoms with Crippen LogP contribution in [0.2, 0.25) is 0 Å². The molecule has 0 amide bonds. The lowest BCUT2D eigenvalue weighted by Gasteiger charge is -2.16. The maximum atomic E-state index is 4.25. The molecule has 0 aliphatic heterocycles. The molecule has 0 saturated carbocycles. The first kappa shape index (κ1) is 12.4. The van der Waals surface area contributed by atoms with Crippen molar-refractivity contribution in [3.8, 4) is 0 Å². The van der Waals surface area contributed by atoms with Gasteiger partial charge < -0.3 is 10.2 Å². The number of fused-ring (bicyclic) bond motifs is 1. The second kappa shape index (κ2) is 5.16. The van der Waals surface area contributed by atoms with E-state index in [0.29, 0.717) is 0 Å². The quantitative estimate of drug-likeness (QED) is 0.761. The smallest absolute Gasteiger partial charge is 0.135 e. The number of nitrogens with zero attached hydrogens (tertiary/aromatic N) is 4. The summed E-state index contributed by atoms with van der Waals surface area (Å²) in [6.45, 7) is 2.99. The predicted octanol–water partition coefficient (Wildman–Crippen LogP) is 2.55. The van der Waals surface area contributed by atoms with Gasteiger partial charge in [0, 0.05) is 30.7 Å². The van der Waals surface area contributed by atoms with E-state index in [1.165, 1.54) is 0 Å². The zero-order valence-corrected chi connectivity index (χ0v) is 11.5. The number of hydrogen-bond acceptors (Lipinski definition) is 5. The van der Waals surface area contributed by atoms with Crippen molar-refractivity contribution in [1.82, 2.24) is 20.2 Å². The van der Waals surface area contributed by atoms with Crippen LogP contribution in [0.1, 0.15) is 6.92 Å². The van der Waals surface area contributed by atoms with Gasteiger partial charge in [-0.2, -0.15) is 5.10 Å². The van der Waals surface area contributed by atoms with E-state index >= 15 is 0 Å². The topological polar surface area (TPSA) is 69.7 Å². The third-order valence-corrected chi connectivity index (χ3v) is 3.23. The average Bonchev–Trinajstić information content (AvgIpc) is 2.94. The van der Waals surface area contributed by atoms with Crippen LogP contribution in [0.3, 0.4) is 0 Å². The fourth-order valence-electron chi connectivity index (χ4n) is 1.95. The molecule has 2 heterocycles. The molecule has 6 heteroatoms. The van der Waals surface area contributed by atoms with Crippen molar-refractivity contribution >= 4 is 28.2 Å². The monoisotopic (exact) mass is 268 g/mol. The Hall–Kier alpha value is -2.63. The number of benzene rings is 1. The lowest BCUT2D eigenvalue weighted by molar-refractivity contribution is 0.930. The van der Waals surface area contributed by atoms with Gasteiger partial charge in [0.2, 0.25) is 0 Å². The summed E-state index contributed by atoms with van der Waals surface area (Å²) in [4.78, 5) is 10.6. The Labute approximate surface area is 116 Å². The molecule has 3 rings (SSSR count). The molecule has 0 bridgehead atoms. The highest BCUT2D eigenvalue weighted by molar-refractivity contribution is 5.82. The fourth-order valence-corrected chi connectivity index (χ4v) is 1.95. The number of aromatic nitrogens is 4. The lowest BCUT2D eigenvalue weighted by atomic mass is 10.2. The van der Waals surface area contributed by atoms with Crippen molar-refractivity contribution in [2.45, 2.75) is 6.92 Å². The van der Waals surface area contributed by atoms with Crippen LogP contribution in [0.4, 0.5) is 17.3 Å². The van der Waals surface area contributed by atoms with E-state index in [4.69, 9.17) is 0 Å². The van der Waals surface area contributed by atoms with Gasteiger partial charge in [-0.05, 0) is 25.1 Å². The molecule has 6 nitrogen and oxygen atoms in total. The summed E-state index contributed by atoms with van der Waals surface area (Å²) in [6, 6.07) is 7.95. The average molecular weight is 268 g/mol. The molecule has 0 aliphatic rings. The Morgan fingerprint density at radius 1 is 1.25 bits per heavy atom. The van der Waals surface area contributed by atoms with Crippen molar-refractivity contribution in [1.29, 1.82) is 0 Å².